The van der Waals surface area contributed by atoms with E-state index in [-0.39, 0.29) is 17.5 Å². The first-order valence-corrected chi connectivity index (χ1v) is 8.67. The molecule has 0 spiro atoms. The summed E-state index contributed by atoms with van der Waals surface area (Å²) in [5, 5.41) is 14.0. The van der Waals surface area contributed by atoms with E-state index in [0.29, 0.717) is 15.6 Å². The molecule has 0 amide bonds. The molecule has 2 N–H and O–H groups in total. The molecule has 3 rings (SSSR count). The van der Waals surface area contributed by atoms with Gasteiger partial charge in [-0.3, -0.25) is 0 Å². The first kappa shape index (κ1) is 17.9. The van der Waals surface area contributed by atoms with Crippen molar-refractivity contribution in [2.45, 2.75) is 12.8 Å². The lowest BCUT2D eigenvalue weighted by atomic mass is 10.2. The number of anilines is 1. The lowest BCUT2D eigenvalue weighted by Gasteiger charge is -2.13. The Morgan fingerprint density at radius 1 is 1.24 bits per heavy atom. The Balaban J connectivity index is 1.75. The Bertz CT molecular complexity index is 943. The average Bonchev–Trinajstić information content (AvgIpc) is 2.88. The fraction of sp³-hybridized carbons (Fsp3) is 0.125. The van der Waals surface area contributed by atoms with Gasteiger partial charge < -0.3 is 10.4 Å². The van der Waals surface area contributed by atoms with Crippen molar-refractivity contribution in [2.75, 3.05) is 5.32 Å². The molecule has 2 aromatic carbocycles. The molecule has 1 aromatic heterocycles. The minimum atomic E-state index is -1.14. The molecule has 5 nitrogen and oxygen atoms in total. The van der Waals surface area contributed by atoms with Crippen LogP contribution in [0.5, 0.6) is 0 Å². The van der Waals surface area contributed by atoms with Crippen LogP contribution in [0.2, 0.25) is 10.0 Å². The molecule has 0 aliphatic carbocycles. The van der Waals surface area contributed by atoms with Crippen LogP contribution in [0.15, 0.2) is 47.3 Å². The predicted molar refractivity (Wildman–Crippen MR) is 96.9 cm³/mol. The third kappa shape index (κ3) is 4.38. The lowest BCUT2D eigenvalue weighted by molar-refractivity contribution is 0.208. The molecule has 1 heterocycles. The van der Waals surface area contributed by atoms with Gasteiger partial charge in [-0.1, -0.05) is 41.4 Å². The maximum absolute atomic E-state index is 12.9. The molecule has 3 aromatic rings. The molecule has 25 heavy (non-hydrogen) atoms. The molecule has 1 unspecified atom stereocenters. The maximum Gasteiger partial charge on any atom is 0.360 e. The van der Waals surface area contributed by atoms with Gasteiger partial charge in [0.1, 0.15) is 5.82 Å². The number of nitrogens with zero attached hydrogens (tertiary/aromatic N) is 2. The van der Waals surface area contributed by atoms with Crippen LogP contribution in [-0.4, -0.2) is 14.0 Å². The van der Waals surface area contributed by atoms with Gasteiger partial charge in [0.15, 0.2) is 6.23 Å². The monoisotopic (exact) mass is 399 g/mol. The van der Waals surface area contributed by atoms with Crippen molar-refractivity contribution in [1.29, 1.82) is 0 Å². The molecule has 1 atom stereocenters. The Labute approximate surface area is 156 Å². The van der Waals surface area contributed by atoms with Crippen LogP contribution in [0.1, 0.15) is 17.4 Å². The highest BCUT2D eigenvalue weighted by Crippen LogP contribution is 2.27. The molecule has 0 bridgehead atoms. The highest BCUT2D eigenvalue weighted by atomic mass is 35.5. The summed E-state index contributed by atoms with van der Waals surface area (Å²) < 4.78 is 14.3. The largest absolute Gasteiger partial charge is 0.369 e. The number of benzene rings is 2. The number of rotatable bonds is 5. The summed E-state index contributed by atoms with van der Waals surface area (Å²) in [5.41, 5.74) is 0.713. The van der Waals surface area contributed by atoms with Crippen molar-refractivity contribution in [3.05, 3.63) is 79.9 Å². The molecular formula is C16H12Cl2FN3O2S. The van der Waals surface area contributed by atoms with Gasteiger partial charge >= 0.3 is 5.69 Å². The first-order chi connectivity index (χ1) is 11.9. The quantitative estimate of drug-likeness (QED) is 0.638. The third-order valence-electron chi connectivity index (χ3n) is 3.36. The highest BCUT2D eigenvalue weighted by molar-refractivity contribution is 7.10. The molecule has 0 saturated heterocycles. The van der Waals surface area contributed by atoms with Crippen molar-refractivity contribution >= 4 is 39.9 Å². The molecule has 0 aliphatic rings. The van der Waals surface area contributed by atoms with Crippen molar-refractivity contribution in [1.82, 2.24) is 8.94 Å². The molecule has 0 saturated carbocycles. The van der Waals surface area contributed by atoms with Crippen LogP contribution in [0.25, 0.3) is 0 Å². The normalized spacial score (nSPS) is 12.2. The minimum Gasteiger partial charge on any atom is -0.369 e. The number of aromatic nitrogens is 2. The first-order valence-electron chi connectivity index (χ1n) is 7.14. The molecule has 0 radical (unpaired) electrons. The Kier molecular flexibility index (Phi) is 5.39. The lowest BCUT2D eigenvalue weighted by Crippen LogP contribution is -2.16. The number of hydrogen-bond donors (Lipinski definition) is 2. The second kappa shape index (κ2) is 7.53. The van der Waals surface area contributed by atoms with Crippen molar-refractivity contribution in [3.63, 3.8) is 0 Å². The smallest absolute Gasteiger partial charge is 0.360 e. The summed E-state index contributed by atoms with van der Waals surface area (Å²) in [7, 11) is 0. The SMILES string of the molecule is O=c1nc(NC(O)c2ccc(Cl)cc2Cl)sn1Cc1ccc(F)cc1. The summed E-state index contributed by atoms with van der Waals surface area (Å²) in [4.78, 5) is 15.8. The van der Waals surface area contributed by atoms with E-state index in [4.69, 9.17) is 23.2 Å². The van der Waals surface area contributed by atoms with Crippen molar-refractivity contribution < 1.29 is 9.50 Å². The topological polar surface area (TPSA) is 67.2 Å². The number of halogens is 3. The zero-order valence-corrected chi connectivity index (χ0v) is 14.9. The summed E-state index contributed by atoms with van der Waals surface area (Å²) >= 11 is 12.9. The number of nitrogens with one attached hydrogen (secondary N) is 1. The van der Waals surface area contributed by atoms with E-state index in [0.717, 1.165) is 17.1 Å². The summed E-state index contributed by atoms with van der Waals surface area (Å²) in [6, 6.07) is 10.5. The fourth-order valence-electron chi connectivity index (χ4n) is 2.14. The van der Waals surface area contributed by atoms with Crippen LogP contribution < -0.4 is 11.0 Å². The maximum atomic E-state index is 12.9. The minimum absolute atomic E-state index is 0.241. The fourth-order valence-corrected chi connectivity index (χ4v) is 3.47. The standard InChI is InChI=1S/C16H12Cl2FN3O2S/c17-10-3-6-12(13(18)7-10)14(23)20-15-21-16(24)22(25-15)8-9-1-4-11(19)5-2-9/h1-7,14,23H,8H2,(H,20,21,24). The van der Waals surface area contributed by atoms with Crippen molar-refractivity contribution in [2.24, 2.45) is 0 Å². The summed E-state index contributed by atoms with van der Waals surface area (Å²) in [6.07, 6.45) is -1.14. The molecule has 0 aliphatic heterocycles. The van der Waals surface area contributed by atoms with E-state index in [1.165, 1.54) is 22.2 Å². The third-order valence-corrected chi connectivity index (χ3v) is 4.81. The summed E-state index contributed by atoms with van der Waals surface area (Å²) in [5.74, 6) is -0.342. The van der Waals surface area contributed by atoms with Crippen LogP contribution in [0.3, 0.4) is 0 Å². The predicted octanol–water partition coefficient (Wildman–Crippen LogP) is 3.90. The zero-order chi connectivity index (χ0) is 18.0. The van der Waals surface area contributed by atoms with Crippen molar-refractivity contribution in [3.8, 4) is 0 Å². The zero-order valence-electron chi connectivity index (χ0n) is 12.6. The van der Waals surface area contributed by atoms with E-state index in [1.54, 1.807) is 24.3 Å². The van der Waals surface area contributed by atoms with Crippen LogP contribution in [-0.2, 0) is 6.54 Å². The number of hydrogen-bond acceptors (Lipinski definition) is 5. The number of aliphatic hydroxyl groups is 1. The van der Waals surface area contributed by atoms with Gasteiger partial charge in [0.2, 0.25) is 5.13 Å². The van der Waals surface area contributed by atoms with Crippen LogP contribution >= 0.6 is 34.7 Å². The van der Waals surface area contributed by atoms with Gasteiger partial charge in [0.05, 0.1) is 6.54 Å². The van der Waals surface area contributed by atoms with Gasteiger partial charge in [0.25, 0.3) is 0 Å². The van der Waals surface area contributed by atoms with Gasteiger partial charge in [-0.15, -0.1) is 0 Å². The van der Waals surface area contributed by atoms with E-state index in [2.05, 4.69) is 10.3 Å². The van der Waals surface area contributed by atoms with E-state index >= 15 is 0 Å². The second-order valence-corrected chi connectivity index (χ2v) is 7.02. The summed E-state index contributed by atoms with van der Waals surface area (Å²) in [6.45, 7) is 0.260. The Hall–Kier alpha value is -1.93. The second-order valence-electron chi connectivity index (χ2n) is 5.17. The molecule has 130 valence electrons. The van der Waals surface area contributed by atoms with Crippen LogP contribution in [0.4, 0.5) is 9.52 Å². The van der Waals surface area contributed by atoms with Crippen LogP contribution in [0, 0.1) is 5.82 Å². The molecule has 9 heteroatoms. The van der Waals surface area contributed by atoms with E-state index in [1.807, 2.05) is 0 Å². The Morgan fingerprint density at radius 3 is 2.64 bits per heavy atom. The number of aliphatic hydroxyl groups excluding tert-OH is 1. The highest BCUT2D eigenvalue weighted by Gasteiger charge is 2.15. The van der Waals surface area contributed by atoms with E-state index in [9.17, 15) is 14.3 Å². The van der Waals surface area contributed by atoms with E-state index < -0.39 is 11.9 Å². The van der Waals surface area contributed by atoms with Gasteiger partial charge in [-0.05, 0) is 41.4 Å². The van der Waals surface area contributed by atoms with Gasteiger partial charge in [0, 0.05) is 15.6 Å². The molecule has 0 fully saturated rings. The van der Waals surface area contributed by atoms with Gasteiger partial charge in [-0.25, -0.2) is 13.1 Å². The Morgan fingerprint density at radius 2 is 1.96 bits per heavy atom. The average molecular weight is 400 g/mol. The van der Waals surface area contributed by atoms with Gasteiger partial charge in [-0.2, -0.15) is 4.98 Å². The molecular weight excluding hydrogens is 388 g/mol.